The first-order valence-electron chi connectivity index (χ1n) is 5.12. The molecule has 0 radical (unpaired) electrons. The van der Waals surface area contributed by atoms with Crippen molar-refractivity contribution in [3.63, 3.8) is 0 Å². The molecule has 0 saturated heterocycles. The molecule has 1 aromatic rings. The van der Waals surface area contributed by atoms with Crippen molar-refractivity contribution in [1.29, 1.82) is 0 Å². The van der Waals surface area contributed by atoms with Crippen LogP contribution >= 0.6 is 22.9 Å². The SMILES string of the molecule is CC(C)(C)C(CCl)CCc1cccs1. The van der Waals surface area contributed by atoms with Crippen LogP contribution in [0.2, 0.25) is 0 Å². The van der Waals surface area contributed by atoms with Gasteiger partial charge in [0.25, 0.3) is 0 Å². The molecule has 0 aliphatic heterocycles. The summed E-state index contributed by atoms with van der Waals surface area (Å²) in [5.74, 6) is 1.39. The van der Waals surface area contributed by atoms with Gasteiger partial charge >= 0.3 is 0 Å². The van der Waals surface area contributed by atoms with Crippen molar-refractivity contribution in [1.82, 2.24) is 0 Å². The minimum atomic E-state index is 0.332. The average Bonchev–Trinajstić information content (AvgIpc) is 2.55. The lowest BCUT2D eigenvalue weighted by Crippen LogP contribution is -2.22. The lowest BCUT2D eigenvalue weighted by atomic mass is 9.79. The fraction of sp³-hybridized carbons (Fsp3) is 0.667. The Bertz CT molecular complexity index is 246. The molecule has 0 saturated carbocycles. The topological polar surface area (TPSA) is 0 Å². The highest BCUT2D eigenvalue weighted by Gasteiger charge is 2.23. The Kier molecular flexibility index (Phi) is 4.46. The normalized spacial score (nSPS) is 14.3. The fourth-order valence-electron chi connectivity index (χ4n) is 1.51. The molecule has 1 aromatic heterocycles. The van der Waals surface area contributed by atoms with E-state index in [0.717, 1.165) is 5.88 Å². The molecule has 0 amide bonds. The maximum atomic E-state index is 6.00. The number of thiophene rings is 1. The smallest absolute Gasteiger partial charge is 0.0256 e. The fourth-order valence-corrected chi connectivity index (χ4v) is 2.85. The van der Waals surface area contributed by atoms with Crippen LogP contribution in [0.15, 0.2) is 17.5 Å². The van der Waals surface area contributed by atoms with Crippen LogP contribution in [-0.2, 0) is 6.42 Å². The zero-order chi connectivity index (χ0) is 10.6. The number of hydrogen-bond acceptors (Lipinski definition) is 1. The second-order valence-electron chi connectivity index (χ2n) is 4.84. The van der Waals surface area contributed by atoms with Crippen molar-refractivity contribution in [3.05, 3.63) is 22.4 Å². The van der Waals surface area contributed by atoms with Crippen molar-refractivity contribution in [2.75, 3.05) is 5.88 Å². The number of aryl methyl sites for hydroxylation is 1. The van der Waals surface area contributed by atoms with Crippen LogP contribution in [-0.4, -0.2) is 5.88 Å². The van der Waals surface area contributed by atoms with Crippen molar-refractivity contribution >= 4 is 22.9 Å². The number of hydrogen-bond donors (Lipinski definition) is 0. The van der Waals surface area contributed by atoms with Crippen molar-refractivity contribution < 1.29 is 0 Å². The third kappa shape index (κ3) is 3.62. The molecule has 0 bridgehead atoms. The summed E-state index contributed by atoms with van der Waals surface area (Å²) in [5.41, 5.74) is 0.332. The molecule has 0 aliphatic rings. The van der Waals surface area contributed by atoms with E-state index < -0.39 is 0 Å². The molecular weight excluding hydrogens is 212 g/mol. The van der Waals surface area contributed by atoms with E-state index in [1.165, 1.54) is 17.7 Å². The molecule has 0 spiro atoms. The Morgan fingerprint density at radius 2 is 2.14 bits per heavy atom. The Morgan fingerprint density at radius 3 is 2.57 bits per heavy atom. The maximum absolute atomic E-state index is 6.00. The van der Waals surface area contributed by atoms with Gasteiger partial charge in [0.15, 0.2) is 0 Å². The van der Waals surface area contributed by atoms with Gasteiger partial charge in [0.2, 0.25) is 0 Å². The van der Waals surface area contributed by atoms with Gasteiger partial charge in [-0.05, 0) is 35.6 Å². The van der Waals surface area contributed by atoms with Crippen LogP contribution in [0.4, 0.5) is 0 Å². The lowest BCUT2D eigenvalue weighted by molar-refractivity contribution is 0.251. The predicted octanol–water partition coefficient (Wildman–Crippen LogP) is 4.58. The molecule has 0 aromatic carbocycles. The first kappa shape index (κ1) is 12.1. The summed E-state index contributed by atoms with van der Waals surface area (Å²) in [6, 6.07) is 4.32. The summed E-state index contributed by atoms with van der Waals surface area (Å²) >= 11 is 7.84. The van der Waals surface area contributed by atoms with Gasteiger partial charge in [0.05, 0.1) is 0 Å². The molecule has 2 heteroatoms. The van der Waals surface area contributed by atoms with Crippen molar-refractivity contribution in [2.24, 2.45) is 11.3 Å². The van der Waals surface area contributed by atoms with Crippen LogP contribution in [0.5, 0.6) is 0 Å². The molecular formula is C12H19ClS. The van der Waals surface area contributed by atoms with Gasteiger partial charge in [-0.2, -0.15) is 0 Å². The van der Waals surface area contributed by atoms with Gasteiger partial charge in [-0.25, -0.2) is 0 Å². The van der Waals surface area contributed by atoms with E-state index in [2.05, 4.69) is 38.3 Å². The average molecular weight is 231 g/mol. The number of halogens is 1. The minimum Gasteiger partial charge on any atom is -0.149 e. The predicted molar refractivity (Wildman–Crippen MR) is 66.3 cm³/mol. The lowest BCUT2D eigenvalue weighted by Gasteiger charge is -2.28. The van der Waals surface area contributed by atoms with Crippen LogP contribution in [0.3, 0.4) is 0 Å². The van der Waals surface area contributed by atoms with E-state index in [-0.39, 0.29) is 0 Å². The third-order valence-corrected chi connectivity index (χ3v) is 4.04. The van der Waals surface area contributed by atoms with Gasteiger partial charge in [0, 0.05) is 10.8 Å². The largest absolute Gasteiger partial charge is 0.149 e. The first-order valence-corrected chi connectivity index (χ1v) is 6.54. The molecule has 14 heavy (non-hydrogen) atoms. The van der Waals surface area contributed by atoms with Crippen molar-refractivity contribution in [2.45, 2.75) is 33.6 Å². The Morgan fingerprint density at radius 1 is 1.43 bits per heavy atom. The van der Waals surface area contributed by atoms with Crippen LogP contribution in [0.1, 0.15) is 32.1 Å². The zero-order valence-electron chi connectivity index (χ0n) is 9.22. The Hall–Kier alpha value is -0.0100. The molecule has 1 heterocycles. The third-order valence-electron chi connectivity index (χ3n) is 2.73. The Balaban J connectivity index is 2.43. The highest BCUT2D eigenvalue weighted by atomic mass is 35.5. The van der Waals surface area contributed by atoms with Crippen LogP contribution in [0.25, 0.3) is 0 Å². The maximum Gasteiger partial charge on any atom is 0.0256 e. The highest BCUT2D eigenvalue weighted by molar-refractivity contribution is 7.09. The number of rotatable bonds is 4. The molecule has 80 valence electrons. The van der Waals surface area contributed by atoms with E-state index in [4.69, 9.17) is 11.6 Å². The molecule has 1 atom stereocenters. The second-order valence-corrected chi connectivity index (χ2v) is 6.18. The summed E-state index contributed by atoms with van der Waals surface area (Å²) in [7, 11) is 0. The van der Waals surface area contributed by atoms with E-state index in [1.807, 2.05) is 11.3 Å². The van der Waals surface area contributed by atoms with Gasteiger partial charge < -0.3 is 0 Å². The summed E-state index contributed by atoms with van der Waals surface area (Å²) in [4.78, 5) is 1.48. The van der Waals surface area contributed by atoms with Gasteiger partial charge in [0.1, 0.15) is 0 Å². The van der Waals surface area contributed by atoms with Gasteiger partial charge in [-0.15, -0.1) is 22.9 Å². The van der Waals surface area contributed by atoms with Crippen LogP contribution in [0, 0.1) is 11.3 Å². The minimum absolute atomic E-state index is 0.332. The van der Waals surface area contributed by atoms with E-state index in [9.17, 15) is 0 Å². The highest BCUT2D eigenvalue weighted by Crippen LogP contribution is 2.31. The number of alkyl halides is 1. The van der Waals surface area contributed by atoms with Crippen molar-refractivity contribution in [3.8, 4) is 0 Å². The molecule has 0 nitrogen and oxygen atoms in total. The Labute approximate surface area is 96.3 Å². The standard InChI is InChI=1S/C12H19ClS/c1-12(2,3)10(9-13)6-7-11-5-4-8-14-11/h4-5,8,10H,6-7,9H2,1-3H3. The molecule has 1 unspecified atom stereocenters. The monoisotopic (exact) mass is 230 g/mol. The summed E-state index contributed by atoms with van der Waals surface area (Å²) in [6.45, 7) is 6.82. The molecule has 0 fully saturated rings. The van der Waals surface area contributed by atoms with E-state index in [1.54, 1.807) is 0 Å². The zero-order valence-corrected chi connectivity index (χ0v) is 10.8. The van der Waals surface area contributed by atoms with Gasteiger partial charge in [-0.1, -0.05) is 26.8 Å². The van der Waals surface area contributed by atoms with Crippen LogP contribution < -0.4 is 0 Å². The summed E-state index contributed by atoms with van der Waals surface area (Å²) in [6.07, 6.45) is 2.37. The molecule has 1 rings (SSSR count). The van der Waals surface area contributed by atoms with Gasteiger partial charge in [-0.3, -0.25) is 0 Å². The quantitative estimate of drug-likeness (QED) is 0.665. The first-order chi connectivity index (χ1) is 6.54. The molecule has 0 aliphatic carbocycles. The molecule has 0 N–H and O–H groups in total. The second kappa shape index (κ2) is 5.18. The summed E-state index contributed by atoms with van der Waals surface area (Å²) in [5, 5.41) is 2.14. The summed E-state index contributed by atoms with van der Waals surface area (Å²) < 4.78 is 0. The van der Waals surface area contributed by atoms with E-state index in [0.29, 0.717) is 11.3 Å². The van der Waals surface area contributed by atoms with E-state index >= 15 is 0 Å².